The maximum Gasteiger partial charge on any atom is 0.164 e. The summed E-state index contributed by atoms with van der Waals surface area (Å²) in [6.07, 6.45) is 4.30. The number of ether oxygens (including phenoxy) is 4. The molecule has 1 aliphatic heterocycles. The summed E-state index contributed by atoms with van der Waals surface area (Å²) in [6.45, 7) is 13.2. The van der Waals surface area contributed by atoms with Gasteiger partial charge in [0.1, 0.15) is 23.6 Å². The highest BCUT2D eigenvalue weighted by Gasteiger charge is 2.76. The highest BCUT2D eigenvalue weighted by atomic mass is 16.7. The summed E-state index contributed by atoms with van der Waals surface area (Å²) in [5, 5.41) is 13.1. The zero-order chi connectivity index (χ0) is 27.3. The van der Waals surface area contributed by atoms with E-state index in [0.717, 1.165) is 28.9 Å². The highest BCUT2D eigenvalue weighted by molar-refractivity contribution is 5.95. The number of rotatable bonds is 5. The molecule has 6 unspecified atom stereocenters. The minimum Gasteiger partial charge on any atom is -0.496 e. The van der Waals surface area contributed by atoms with Crippen LogP contribution in [0.4, 0.5) is 0 Å². The number of para-hydroxylation sites is 1. The van der Waals surface area contributed by atoms with Gasteiger partial charge >= 0.3 is 0 Å². The van der Waals surface area contributed by atoms with Gasteiger partial charge in [0.2, 0.25) is 0 Å². The topological polar surface area (TPSA) is 74.2 Å². The second-order valence-corrected chi connectivity index (χ2v) is 13.3. The number of methoxy groups -OCH3 is 1. The first kappa shape index (κ1) is 26.2. The normalized spacial score (nSPS) is 42.1. The van der Waals surface area contributed by atoms with Gasteiger partial charge in [-0.25, -0.2) is 0 Å². The molecular formula is C32H42O6. The number of hydrogen-bond donors (Lipinski definition) is 1. The molecular weight excluding hydrogens is 480 g/mol. The van der Waals surface area contributed by atoms with Gasteiger partial charge in [-0.2, -0.15) is 0 Å². The molecule has 206 valence electrons. The van der Waals surface area contributed by atoms with E-state index in [1.807, 2.05) is 45.0 Å². The van der Waals surface area contributed by atoms with Crippen LogP contribution in [0.15, 0.2) is 47.6 Å². The first-order valence-electron chi connectivity index (χ1n) is 14.1. The Bertz CT molecular complexity index is 1210. The van der Waals surface area contributed by atoms with E-state index in [2.05, 4.69) is 32.9 Å². The van der Waals surface area contributed by atoms with E-state index >= 15 is 0 Å². The summed E-state index contributed by atoms with van der Waals surface area (Å²) in [5.41, 5.74) is 0.248. The highest BCUT2D eigenvalue weighted by Crippen LogP contribution is 2.72. The van der Waals surface area contributed by atoms with Crippen molar-refractivity contribution in [2.75, 3.05) is 20.3 Å². The fourth-order valence-electron chi connectivity index (χ4n) is 8.57. The molecule has 2 saturated carbocycles. The smallest absolute Gasteiger partial charge is 0.164 e. The number of carbonyl (C=O) groups excluding carboxylic acids is 1. The average Bonchev–Trinajstić information content (AvgIpc) is 3.35. The van der Waals surface area contributed by atoms with Crippen molar-refractivity contribution < 1.29 is 28.8 Å². The largest absolute Gasteiger partial charge is 0.496 e. The Morgan fingerprint density at radius 1 is 1.16 bits per heavy atom. The van der Waals surface area contributed by atoms with E-state index in [9.17, 15) is 9.90 Å². The minimum absolute atomic E-state index is 0.0562. The number of carbonyl (C=O) groups is 1. The lowest BCUT2D eigenvalue weighted by molar-refractivity contribution is -0.305. The van der Waals surface area contributed by atoms with Crippen LogP contribution in [0.3, 0.4) is 0 Å². The fourth-order valence-corrected chi connectivity index (χ4v) is 8.57. The van der Waals surface area contributed by atoms with Crippen LogP contribution in [0.25, 0.3) is 0 Å². The third-order valence-corrected chi connectivity index (χ3v) is 10.5. The number of benzene rings is 1. The van der Waals surface area contributed by atoms with Crippen LogP contribution in [0.1, 0.15) is 53.5 Å². The Kier molecular flexibility index (Phi) is 5.87. The zero-order valence-corrected chi connectivity index (χ0v) is 23.7. The van der Waals surface area contributed by atoms with Gasteiger partial charge in [-0.05, 0) is 79.6 Å². The zero-order valence-electron chi connectivity index (χ0n) is 23.7. The van der Waals surface area contributed by atoms with Crippen LogP contribution in [-0.4, -0.2) is 54.8 Å². The molecule has 1 N–H and O–H groups in total. The van der Waals surface area contributed by atoms with Gasteiger partial charge in [-0.3, -0.25) is 4.79 Å². The number of ketones is 1. The molecule has 2 bridgehead atoms. The Hall–Kier alpha value is -1.99. The molecule has 5 aliphatic rings. The van der Waals surface area contributed by atoms with Gasteiger partial charge in [0.25, 0.3) is 0 Å². The monoisotopic (exact) mass is 522 g/mol. The van der Waals surface area contributed by atoms with E-state index in [0.29, 0.717) is 25.6 Å². The van der Waals surface area contributed by atoms with Crippen molar-refractivity contribution in [2.24, 2.45) is 34.5 Å². The second-order valence-electron chi connectivity index (χ2n) is 13.3. The molecule has 6 nitrogen and oxygen atoms in total. The van der Waals surface area contributed by atoms with Crippen molar-refractivity contribution in [3.05, 3.63) is 53.1 Å². The van der Waals surface area contributed by atoms with Crippen molar-refractivity contribution in [3.63, 3.8) is 0 Å². The van der Waals surface area contributed by atoms with E-state index in [4.69, 9.17) is 18.9 Å². The predicted molar refractivity (Wildman–Crippen MR) is 144 cm³/mol. The molecule has 1 aromatic rings. The molecule has 1 saturated heterocycles. The van der Waals surface area contributed by atoms with Crippen molar-refractivity contribution in [3.8, 4) is 5.75 Å². The molecule has 8 atom stereocenters. The quantitative estimate of drug-likeness (QED) is 0.555. The first-order valence-corrected chi connectivity index (χ1v) is 14.1. The lowest BCUT2D eigenvalue weighted by atomic mass is 9.59. The van der Waals surface area contributed by atoms with E-state index in [1.165, 1.54) is 0 Å². The van der Waals surface area contributed by atoms with Crippen molar-refractivity contribution in [1.82, 2.24) is 0 Å². The Morgan fingerprint density at radius 3 is 2.63 bits per heavy atom. The molecule has 1 aromatic carbocycles. The molecule has 38 heavy (non-hydrogen) atoms. The summed E-state index contributed by atoms with van der Waals surface area (Å²) in [7, 11) is 1.67. The van der Waals surface area contributed by atoms with Crippen LogP contribution in [-0.2, 0) is 25.4 Å². The average molecular weight is 523 g/mol. The number of allylic oxidation sites excluding steroid dienone is 1. The van der Waals surface area contributed by atoms with Gasteiger partial charge in [0.05, 0.1) is 25.7 Å². The molecule has 4 aliphatic carbocycles. The summed E-state index contributed by atoms with van der Waals surface area (Å²) < 4.78 is 24.8. The number of aliphatic hydroxyl groups is 1. The Balaban J connectivity index is 1.42. The van der Waals surface area contributed by atoms with E-state index < -0.39 is 29.0 Å². The molecule has 6 heteroatoms. The lowest BCUT2D eigenvalue weighted by Gasteiger charge is -2.53. The standard InChI is InChI=1S/C32H42O6/c1-18-16-31-19(2)14-23-25(29(23,3)4)22(26(31)33)15-21-17-37-30(5,6)38-28(21)32(31,34)27(18)36-13-12-20-10-8-9-11-24(20)35-7/h8-11,15-16,19,22-23,25,27-28,34H,12-14,17H2,1-7H3/t19-,22?,23?,25+,27?,28?,31?,32?/m1/s1. The van der Waals surface area contributed by atoms with Crippen LogP contribution in [0, 0.1) is 34.5 Å². The van der Waals surface area contributed by atoms with Crippen molar-refractivity contribution in [1.29, 1.82) is 0 Å². The fraction of sp³-hybridized carbons (Fsp3) is 0.656. The summed E-state index contributed by atoms with van der Waals surface area (Å²) in [6, 6.07) is 7.91. The Morgan fingerprint density at radius 2 is 1.89 bits per heavy atom. The first-order chi connectivity index (χ1) is 17.9. The van der Waals surface area contributed by atoms with Gasteiger partial charge in [-0.15, -0.1) is 0 Å². The van der Waals surface area contributed by atoms with Gasteiger partial charge < -0.3 is 24.1 Å². The summed E-state index contributed by atoms with van der Waals surface area (Å²) in [5.74, 6) is 0.432. The Labute approximate surface area is 226 Å². The molecule has 0 radical (unpaired) electrons. The van der Waals surface area contributed by atoms with E-state index in [1.54, 1.807) is 7.11 Å². The lowest BCUT2D eigenvalue weighted by Crippen LogP contribution is -2.68. The molecule has 0 amide bonds. The second kappa shape index (κ2) is 8.50. The summed E-state index contributed by atoms with van der Waals surface area (Å²) >= 11 is 0. The molecule has 1 heterocycles. The molecule has 6 rings (SSSR count). The molecule has 0 aromatic heterocycles. The van der Waals surface area contributed by atoms with Crippen molar-refractivity contribution >= 4 is 5.78 Å². The predicted octanol–water partition coefficient (Wildman–Crippen LogP) is 4.89. The van der Waals surface area contributed by atoms with Crippen LogP contribution >= 0.6 is 0 Å². The van der Waals surface area contributed by atoms with E-state index in [-0.39, 0.29) is 29.0 Å². The van der Waals surface area contributed by atoms with Crippen molar-refractivity contribution in [2.45, 2.75) is 78.0 Å². The van der Waals surface area contributed by atoms with Crippen LogP contribution < -0.4 is 4.74 Å². The van der Waals surface area contributed by atoms with Crippen LogP contribution in [0.2, 0.25) is 0 Å². The number of fused-ring (bicyclic) bond motifs is 5. The number of Topliss-reactive ketones (excluding diaryl/α,β-unsaturated/α-hetero) is 1. The third kappa shape index (κ3) is 3.43. The van der Waals surface area contributed by atoms with Crippen LogP contribution in [0.5, 0.6) is 5.75 Å². The third-order valence-electron chi connectivity index (χ3n) is 10.5. The number of hydrogen-bond acceptors (Lipinski definition) is 6. The molecule has 3 fully saturated rings. The van der Waals surface area contributed by atoms with Gasteiger partial charge in [-0.1, -0.05) is 51.1 Å². The SMILES string of the molecule is COc1ccccc1CCOC1C(C)=CC23C(=O)C(C=C4COC(C)(C)OC4C12O)[C@H]1C(C[C@H]3C)C1(C)C. The van der Waals surface area contributed by atoms with Gasteiger partial charge in [0, 0.05) is 5.92 Å². The maximum absolute atomic E-state index is 14.7. The maximum atomic E-state index is 14.7. The van der Waals surface area contributed by atoms with Gasteiger partial charge in [0.15, 0.2) is 11.6 Å². The molecule has 1 spiro atoms. The summed E-state index contributed by atoms with van der Waals surface area (Å²) in [4.78, 5) is 14.7. The minimum atomic E-state index is -1.57.